The Balaban J connectivity index is 1.66. The number of benzene rings is 2. The van der Waals surface area contributed by atoms with E-state index >= 15 is 0 Å². The minimum absolute atomic E-state index is 0.0189. The lowest BCUT2D eigenvalue weighted by atomic mass is 10.2. The molecule has 7 heteroatoms. The SMILES string of the molecule is Cc1cc2ccccc2n1CS1(=O)(C(=O)NCc2cc(F)ccc2F)C=CCC1. The Labute approximate surface area is 167 Å². The van der Waals surface area contributed by atoms with Crippen LogP contribution in [0.1, 0.15) is 17.7 Å². The van der Waals surface area contributed by atoms with Gasteiger partial charge >= 0.3 is 0 Å². The lowest BCUT2D eigenvalue weighted by molar-refractivity contribution is 0.258. The summed E-state index contributed by atoms with van der Waals surface area (Å²) in [5.41, 5.74) is 1.83. The lowest BCUT2D eigenvalue weighted by Gasteiger charge is -2.35. The van der Waals surface area contributed by atoms with Crippen LogP contribution >= 0.6 is 0 Å². The summed E-state index contributed by atoms with van der Waals surface area (Å²) in [4.78, 5) is 13.2. The number of carbonyl (C=O) groups is 1. The quantitative estimate of drug-likeness (QED) is 0.662. The van der Waals surface area contributed by atoms with Gasteiger partial charge in [0.15, 0.2) is 0 Å². The first kappa shape index (κ1) is 19.5. The van der Waals surface area contributed by atoms with Gasteiger partial charge in [0.2, 0.25) is 0 Å². The summed E-state index contributed by atoms with van der Waals surface area (Å²) < 4.78 is 43.5. The molecule has 0 bridgehead atoms. The smallest absolute Gasteiger partial charge is 0.293 e. The van der Waals surface area contributed by atoms with Crippen molar-refractivity contribution in [1.82, 2.24) is 9.88 Å². The molecular weight excluding hydrogens is 394 g/mol. The third-order valence-electron chi connectivity index (χ3n) is 5.45. The van der Waals surface area contributed by atoms with Crippen LogP contribution in [0.4, 0.5) is 13.6 Å². The van der Waals surface area contributed by atoms with Crippen LogP contribution in [0.25, 0.3) is 10.9 Å². The molecule has 0 saturated heterocycles. The molecule has 0 saturated carbocycles. The van der Waals surface area contributed by atoms with Gasteiger partial charge < -0.3 is 9.88 Å². The van der Waals surface area contributed by atoms with Crippen molar-refractivity contribution in [3.05, 3.63) is 82.9 Å². The Bertz CT molecular complexity index is 1210. The molecule has 3 aromatic rings. The zero-order valence-electron chi connectivity index (χ0n) is 16.0. The molecule has 152 valence electrons. The molecule has 0 atom stereocenters. The Hall–Kier alpha value is -2.80. The van der Waals surface area contributed by atoms with Crippen molar-refractivity contribution in [2.24, 2.45) is 0 Å². The highest BCUT2D eigenvalue weighted by atomic mass is 32.3. The summed E-state index contributed by atoms with van der Waals surface area (Å²) in [6.45, 7) is 1.69. The average Bonchev–Trinajstić information content (AvgIpc) is 3.24. The Morgan fingerprint density at radius 3 is 2.72 bits per heavy atom. The summed E-state index contributed by atoms with van der Waals surface area (Å²) >= 11 is 0. The maximum Gasteiger partial charge on any atom is 0.293 e. The maximum atomic E-state index is 14.2. The van der Waals surface area contributed by atoms with Crippen LogP contribution in [0.5, 0.6) is 0 Å². The topological polar surface area (TPSA) is 51.1 Å². The van der Waals surface area contributed by atoms with Crippen LogP contribution in [0.2, 0.25) is 0 Å². The van der Waals surface area contributed by atoms with Crippen LogP contribution < -0.4 is 5.32 Å². The first-order valence-corrected chi connectivity index (χ1v) is 11.7. The van der Waals surface area contributed by atoms with Gasteiger partial charge in [0.05, 0.1) is 5.88 Å². The van der Waals surface area contributed by atoms with Crippen LogP contribution in [-0.2, 0) is 21.5 Å². The summed E-state index contributed by atoms with van der Waals surface area (Å²) in [5.74, 6) is -0.967. The maximum absolute atomic E-state index is 14.2. The second-order valence-corrected chi connectivity index (χ2v) is 11.5. The van der Waals surface area contributed by atoms with Crippen molar-refractivity contribution < 1.29 is 17.8 Å². The summed E-state index contributed by atoms with van der Waals surface area (Å²) in [5, 5.41) is 4.51. The molecule has 1 aromatic heterocycles. The van der Waals surface area contributed by atoms with E-state index in [1.54, 1.807) is 6.08 Å². The second kappa shape index (κ2) is 6.91. The number of aromatic nitrogens is 1. The first-order chi connectivity index (χ1) is 13.8. The van der Waals surface area contributed by atoms with E-state index in [2.05, 4.69) is 5.32 Å². The number of para-hydroxylation sites is 1. The highest BCUT2D eigenvalue weighted by Gasteiger charge is 2.45. The fourth-order valence-corrected chi connectivity index (χ4v) is 7.17. The summed E-state index contributed by atoms with van der Waals surface area (Å²) in [7, 11) is -3.90. The fraction of sp³-hybridized carbons (Fsp3) is 0.227. The second-order valence-electron chi connectivity index (χ2n) is 7.50. The van der Waals surface area contributed by atoms with E-state index < -0.39 is 25.9 Å². The number of amides is 1. The Kier molecular flexibility index (Phi) is 4.65. The number of carbonyl (C=O) groups excluding carboxylic acids is 1. The van der Waals surface area contributed by atoms with Gasteiger partial charge in [0.25, 0.3) is 5.24 Å². The van der Waals surface area contributed by atoms with Gasteiger partial charge in [-0.05, 0) is 54.5 Å². The Morgan fingerprint density at radius 1 is 1.17 bits per heavy atom. The molecule has 0 radical (unpaired) electrons. The molecular formula is C22H22F2N2O2S. The van der Waals surface area contributed by atoms with E-state index in [9.17, 15) is 17.8 Å². The van der Waals surface area contributed by atoms with E-state index in [0.29, 0.717) is 6.42 Å². The number of fused-ring (bicyclic) bond motifs is 1. The third kappa shape index (κ3) is 3.40. The molecule has 29 heavy (non-hydrogen) atoms. The molecule has 0 aliphatic carbocycles. The predicted octanol–water partition coefficient (Wildman–Crippen LogP) is 4.83. The number of halogens is 2. The molecule has 1 aliphatic heterocycles. The number of rotatable bonds is 4. The molecule has 2 heterocycles. The van der Waals surface area contributed by atoms with Crippen molar-refractivity contribution in [2.75, 3.05) is 5.75 Å². The Morgan fingerprint density at radius 2 is 1.97 bits per heavy atom. The zero-order chi connectivity index (χ0) is 20.7. The first-order valence-electron chi connectivity index (χ1n) is 9.37. The average molecular weight is 416 g/mol. The minimum atomic E-state index is -3.90. The van der Waals surface area contributed by atoms with Crippen molar-refractivity contribution in [2.45, 2.75) is 25.8 Å². The van der Waals surface area contributed by atoms with Gasteiger partial charge in [-0.3, -0.25) is 9.00 Å². The lowest BCUT2D eigenvalue weighted by Crippen LogP contribution is -2.49. The van der Waals surface area contributed by atoms with Gasteiger partial charge in [0, 0.05) is 38.1 Å². The van der Waals surface area contributed by atoms with Crippen molar-refractivity contribution in [3.63, 3.8) is 0 Å². The third-order valence-corrected chi connectivity index (χ3v) is 9.26. The van der Waals surface area contributed by atoms with Crippen molar-refractivity contribution in [3.8, 4) is 0 Å². The monoisotopic (exact) mass is 416 g/mol. The number of aryl methyl sites for hydroxylation is 1. The van der Waals surface area contributed by atoms with E-state index in [1.165, 1.54) is 5.41 Å². The van der Waals surface area contributed by atoms with Gasteiger partial charge in [-0.25, -0.2) is 8.78 Å². The van der Waals surface area contributed by atoms with Crippen LogP contribution in [-0.4, -0.2) is 19.8 Å². The van der Waals surface area contributed by atoms with Gasteiger partial charge in [-0.1, -0.05) is 24.3 Å². The molecule has 0 unspecified atom stereocenters. The number of allylic oxidation sites excluding steroid dienone is 1. The number of hydrogen-bond donors (Lipinski definition) is 1. The largest absolute Gasteiger partial charge is 0.342 e. The van der Waals surface area contributed by atoms with E-state index in [1.807, 2.05) is 41.8 Å². The van der Waals surface area contributed by atoms with Gasteiger partial charge in [0.1, 0.15) is 11.6 Å². The van der Waals surface area contributed by atoms with E-state index in [-0.39, 0.29) is 23.7 Å². The van der Waals surface area contributed by atoms with Crippen LogP contribution in [0.15, 0.2) is 60.0 Å². The van der Waals surface area contributed by atoms with Gasteiger partial charge in [-0.2, -0.15) is 0 Å². The van der Waals surface area contributed by atoms with Gasteiger partial charge in [-0.15, -0.1) is 0 Å². The number of nitrogens with one attached hydrogen (secondary N) is 1. The summed E-state index contributed by atoms with van der Waals surface area (Å²) in [6, 6.07) is 12.8. The van der Waals surface area contributed by atoms with Crippen molar-refractivity contribution >= 4 is 25.2 Å². The molecule has 4 rings (SSSR count). The van der Waals surface area contributed by atoms with E-state index in [0.717, 1.165) is 34.8 Å². The molecule has 4 nitrogen and oxygen atoms in total. The zero-order valence-corrected chi connectivity index (χ0v) is 16.8. The van der Waals surface area contributed by atoms with E-state index in [4.69, 9.17) is 0 Å². The van der Waals surface area contributed by atoms with Crippen LogP contribution in [0.3, 0.4) is 0 Å². The van der Waals surface area contributed by atoms with Crippen LogP contribution in [0, 0.1) is 18.6 Å². The normalized spacial score (nSPS) is 18.4. The summed E-state index contributed by atoms with van der Waals surface area (Å²) in [6.07, 6.45) is 2.30. The highest BCUT2D eigenvalue weighted by Crippen LogP contribution is 2.38. The predicted molar refractivity (Wildman–Crippen MR) is 112 cm³/mol. The molecule has 0 spiro atoms. The highest BCUT2D eigenvalue weighted by molar-refractivity contribution is 8.33. The molecule has 0 fully saturated rings. The number of nitrogens with zero attached hydrogens (tertiary/aromatic N) is 1. The minimum Gasteiger partial charge on any atom is -0.342 e. The molecule has 2 aromatic carbocycles. The molecule has 1 aliphatic rings. The standard InChI is InChI=1S/C22H22F2N2O2S/c1-16-12-17-6-2-3-7-21(17)26(16)15-29(28,10-4-5-11-29)22(27)25-14-18-13-19(23)8-9-20(18)24/h2-4,6-10,12-13H,5,11,14-15H2,1H3,(H,25,27). The fourth-order valence-electron chi connectivity index (χ4n) is 3.83. The van der Waals surface area contributed by atoms with Crippen molar-refractivity contribution in [1.29, 1.82) is 0 Å². The number of hydrogen-bond acceptors (Lipinski definition) is 2. The molecule has 1 N–H and O–H groups in total. The molecule has 1 amide bonds.